The maximum Gasteiger partial charge on any atom is 0.108 e. The van der Waals surface area contributed by atoms with Crippen LogP contribution in [0, 0.1) is 11.8 Å². The molecule has 1 aliphatic heterocycles. The highest BCUT2D eigenvalue weighted by Gasteiger charge is 2.19. The lowest BCUT2D eigenvalue weighted by Crippen LogP contribution is -2.13. The van der Waals surface area contributed by atoms with Gasteiger partial charge in [-0.05, 0) is 5.92 Å². The van der Waals surface area contributed by atoms with E-state index in [0.29, 0.717) is 11.8 Å². The molecule has 1 nitrogen and oxygen atoms in total. The van der Waals surface area contributed by atoms with Gasteiger partial charge in [0.05, 0.1) is 6.61 Å². The van der Waals surface area contributed by atoms with E-state index in [0.717, 1.165) is 12.4 Å². The van der Waals surface area contributed by atoms with Crippen molar-refractivity contribution in [3.05, 3.63) is 10.7 Å². The fourth-order valence-electron chi connectivity index (χ4n) is 1.35. The van der Waals surface area contributed by atoms with Crippen molar-refractivity contribution in [2.75, 3.05) is 12.4 Å². The minimum Gasteiger partial charge on any atom is -0.496 e. The Balaban J connectivity index is 2.83. The Kier molecular flexibility index (Phi) is 3.51. The summed E-state index contributed by atoms with van der Waals surface area (Å²) in [5.41, 5.74) is 0. The van der Waals surface area contributed by atoms with E-state index < -0.39 is 0 Å². The SMILES string of the molecule is CC(C)C1=C(C(C)C)SCCO1. The topological polar surface area (TPSA) is 9.23 Å². The van der Waals surface area contributed by atoms with Gasteiger partial charge in [0, 0.05) is 16.6 Å². The average molecular weight is 186 g/mol. The van der Waals surface area contributed by atoms with Crippen molar-refractivity contribution < 1.29 is 4.74 Å². The van der Waals surface area contributed by atoms with E-state index >= 15 is 0 Å². The molecular weight excluding hydrogens is 168 g/mol. The highest BCUT2D eigenvalue weighted by molar-refractivity contribution is 8.03. The van der Waals surface area contributed by atoms with Crippen molar-refractivity contribution in [1.29, 1.82) is 0 Å². The van der Waals surface area contributed by atoms with Gasteiger partial charge in [0.25, 0.3) is 0 Å². The summed E-state index contributed by atoms with van der Waals surface area (Å²) in [6, 6.07) is 0. The second-order valence-corrected chi connectivity index (χ2v) is 4.87. The zero-order valence-corrected chi connectivity index (χ0v) is 9.20. The van der Waals surface area contributed by atoms with Crippen molar-refractivity contribution >= 4 is 11.8 Å². The molecule has 2 heteroatoms. The highest BCUT2D eigenvalue weighted by atomic mass is 32.2. The second kappa shape index (κ2) is 4.22. The summed E-state index contributed by atoms with van der Waals surface area (Å²) in [4.78, 5) is 1.45. The number of thioether (sulfide) groups is 1. The Morgan fingerprint density at radius 1 is 1.17 bits per heavy atom. The summed E-state index contributed by atoms with van der Waals surface area (Å²) in [6.07, 6.45) is 0. The number of hydrogen-bond acceptors (Lipinski definition) is 2. The van der Waals surface area contributed by atoms with Gasteiger partial charge in [-0.15, -0.1) is 11.8 Å². The second-order valence-electron chi connectivity index (χ2n) is 3.73. The molecule has 0 spiro atoms. The van der Waals surface area contributed by atoms with Crippen molar-refractivity contribution in [2.24, 2.45) is 11.8 Å². The number of hydrogen-bond donors (Lipinski definition) is 0. The van der Waals surface area contributed by atoms with Crippen LogP contribution in [0.5, 0.6) is 0 Å². The molecule has 0 saturated carbocycles. The molecule has 0 aliphatic carbocycles. The molecule has 0 aromatic rings. The van der Waals surface area contributed by atoms with Gasteiger partial charge in [0.1, 0.15) is 5.76 Å². The summed E-state index contributed by atoms with van der Waals surface area (Å²) < 4.78 is 5.67. The first kappa shape index (κ1) is 9.97. The molecule has 0 aromatic heterocycles. The number of rotatable bonds is 2. The van der Waals surface area contributed by atoms with Crippen LogP contribution in [0.15, 0.2) is 10.7 Å². The van der Waals surface area contributed by atoms with Gasteiger partial charge in [0.15, 0.2) is 0 Å². The molecule has 0 unspecified atom stereocenters. The van der Waals surface area contributed by atoms with Crippen molar-refractivity contribution in [1.82, 2.24) is 0 Å². The predicted molar refractivity (Wildman–Crippen MR) is 55.1 cm³/mol. The van der Waals surface area contributed by atoms with Crippen molar-refractivity contribution in [2.45, 2.75) is 27.7 Å². The minimum absolute atomic E-state index is 0.537. The zero-order valence-electron chi connectivity index (χ0n) is 8.39. The van der Waals surface area contributed by atoms with Gasteiger partial charge in [0.2, 0.25) is 0 Å². The van der Waals surface area contributed by atoms with Gasteiger partial charge in [-0.25, -0.2) is 0 Å². The smallest absolute Gasteiger partial charge is 0.108 e. The lowest BCUT2D eigenvalue weighted by molar-refractivity contribution is 0.194. The maximum atomic E-state index is 5.67. The van der Waals surface area contributed by atoms with E-state index in [2.05, 4.69) is 27.7 Å². The summed E-state index contributed by atoms with van der Waals surface area (Å²) in [5.74, 6) is 3.49. The molecule has 0 aromatic carbocycles. The van der Waals surface area contributed by atoms with Crippen LogP contribution >= 0.6 is 11.8 Å². The van der Waals surface area contributed by atoms with Crippen LogP contribution in [0.1, 0.15) is 27.7 Å². The normalized spacial score (nSPS) is 18.8. The van der Waals surface area contributed by atoms with E-state index in [-0.39, 0.29) is 0 Å². The molecule has 0 N–H and O–H groups in total. The Morgan fingerprint density at radius 2 is 1.83 bits per heavy atom. The molecular formula is C10H18OS. The van der Waals surface area contributed by atoms with E-state index in [9.17, 15) is 0 Å². The largest absolute Gasteiger partial charge is 0.496 e. The quantitative estimate of drug-likeness (QED) is 0.654. The summed E-state index contributed by atoms with van der Waals surface area (Å²) in [6.45, 7) is 9.75. The molecule has 1 heterocycles. The Hall–Kier alpha value is -0.110. The molecule has 0 bridgehead atoms. The monoisotopic (exact) mass is 186 g/mol. The molecule has 1 rings (SSSR count). The van der Waals surface area contributed by atoms with E-state index in [4.69, 9.17) is 4.74 Å². The molecule has 0 radical (unpaired) electrons. The number of allylic oxidation sites excluding steroid dienone is 2. The average Bonchev–Trinajstić information content (AvgIpc) is 2.04. The molecule has 12 heavy (non-hydrogen) atoms. The summed E-state index contributed by atoms with van der Waals surface area (Å²) in [5, 5.41) is 0. The molecule has 0 saturated heterocycles. The molecule has 0 fully saturated rings. The molecule has 70 valence electrons. The van der Waals surface area contributed by atoms with Gasteiger partial charge in [-0.2, -0.15) is 0 Å². The first-order valence-corrected chi connectivity index (χ1v) is 5.61. The molecule has 1 aliphatic rings. The third-order valence-corrected chi connectivity index (χ3v) is 3.24. The number of ether oxygens (including phenoxy) is 1. The molecule has 0 amide bonds. The Bertz CT molecular complexity index is 162. The lowest BCUT2D eigenvalue weighted by Gasteiger charge is -2.25. The third kappa shape index (κ3) is 2.19. The third-order valence-electron chi connectivity index (χ3n) is 1.89. The van der Waals surface area contributed by atoms with E-state index in [1.165, 1.54) is 10.7 Å². The first-order chi connectivity index (χ1) is 5.63. The predicted octanol–water partition coefficient (Wildman–Crippen LogP) is 3.27. The van der Waals surface area contributed by atoms with Crippen LogP contribution in [0.4, 0.5) is 0 Å². The van der Waals surface area contributed by atoms with Gasteiger partial charge in [-0.1, -0.05) is 27.7 Å². The van der Waals surface area contributed by atoms with Gasteiger partial charge < -0.3 is 4.74 Å². The lowest BCUT2D eigenvalue weighted by atomic mass is 10.1. The van der Waals surface area contributed by atoms with Crippen molar-refractivity contribution in [3.8, 4) is 0 Å². The van der Waals surface area contributed by atoms with Crippen LogP contribution < -0.4 is 0 Å². The van der Waals surface area contributed by atoms with Crippen LogP contribution in [-0.4, -0.2) is 12.4 Å². The van der Waals surface area contributed by atoms with Crippen LogP contribution in [0.2, 0.25) is 0 Å². The highest BCUT2D eigenvalue weighted by Crippen LogP contribution is 2.34. The van der Waals surface area contributed by atoms with E-state index in [1.54, 1.807) is 0 Å². The first-order valence-electron chi connectivity index (χ1n) is 4.62. The van der Waals surface area contributed by atoms with Gasteiger partial charge >= 0.3 is 0 Å². The van der Waals surface area contributed by atoms with Crippen LogP contribution in [0.3, 0.4) is 0 Å². The van der Waals surface area contributed by atoms with Crippen molar-refractivity contribution in [3.63, 3.8) is 0 Å². The molecule has 0 atom stereocenters. The Labute approximate surface area is 79.6 Å². The fraction of sp³-hybridized carbons (Fsp3) is 0.800. The van der Waals surface area contributed by atoms with Crippen LogP contribution in [-0.2, 0) is 4.74 Å². The Morgan fingerprint density at radius 3 is 2.25 bits per heavy atom. The maximum absolute atomic E-state index is 5.67. The zero-order chi connectivity index (χ0) is 9.14. The minimum atomic E-state index is 0.537. The fourth-order valence-corrected chi connectivity index (χ4v) is 2.50. The summed E-state index contributed by atoms with van der Waals surface area (Å²) in [7, 11) is 0. The summed E-state index contributed by atoms with van der Waals surface area (Å²) >= 11 is 1.96. The standard InChI is InChI=1S/C10H18OS/c1-7(2)9-10(8(3)4)12-6-5-11-9/h7-8H,5-6H2,1-4H3. The van der Waals surface area contributed by atoms with Gasteiger partial charge in [-0.3, -0.25) is 0 Å². The van der Waals surface area contributed by atoms with E-state index in [1.807, 2.05) is 11.8 Å². The van der Waals surface area contributed by atoms with Crippen LogP contribution in [0.25, 0.3) is 0 Å².